The van der Waals surface area contributed by atoms with Crippen LogP contribution in [0.1, 0.15) is 38.7 Å². The Bertz CT molecular complexity index is 1210. The van der Waals surface area contributed by atoms with Crippen LogP contribution in [0.3, 0.4) is 0 Å². The molecule has 4 rings (SSSR count). The quantitative estimate of drug-likeness (QED) is 0.322. The molecule has 3 aromatic carbocycles. The van der Waals surface area contributed by atoms with Crippen molar-refractivity contribution in [3.8, 4) is 23.0 Å². The molecule has 0 aliphatic heterocycles. The molecular formula is C27H28N2O4. The van der Waals surface area contributed by atoms with E-state index in [1.54, 1.807) is 18.2 Å². The normalized spacial score (nSPS) is 11.8. The lowest BCUT2D eigenvalue weighted by atomic mass is 9.99. The van der Waals surface area contributed by atoms with Crippen LogP contribution in [0.2, 0.25) is 0 Å². The first-order chi connectivity index (χ1) is 16.1. The molecule has 1 heterocycles. The minimum atomic E-state index is -0.240. The van der Waals surface area contributed by atoms with Crippen molar-refractivity contribution < 1.29 is 18.7 Å². The Labute approximate surface area is 193 Å². The van der Waals surface area contributed by atoms with Crippen molar-refractivity contribution >= 4 is 22.7 Å². The molecular weight excluding hydrogens is 416 g/mol. The lowest BCUT2D eigenvalue weighted by molar-refractivity contribution is -0.118. The number of carbonyl (C=O) groups excluding carboxylic acids is 1. The van der Waals surface area contributed by atoms with Crippen LogP contribution >= 0.6 is 0 Å². The zero-order chi connectivity index (χ0) is 23.2. The number of ether oxygens (including phenoxy) is 2. The van der Waals surface area contributed by atoms with Gasteiger partial charge in [0, 0.05) is 11.3 Å². The molecule has 1 atom stereocenters. The van der Waals surface area contributed by atoms with Crippen LogP contribution in [0.25, 0.3) is 22.6 Å². The van der Waals surface area contributed by atoms with Crippen molar-refractivity contribution in [3.63, 3.8) is 0 Å². The third kappa shape index (κ3) is 5.52. The van der Waals surface area contributed by atoms with E-state index in [1.165, 1.54) is 5.56 Å². The molecule has 0 bridgehead atoms. The van der Waals surface area contributed by atoms with Gasteiger partial charge in [-0.05, 0) is 79.4 Å². The van der Waals surface area contributed by atoms with Crippen LogP contribution < -0.4 is 14.8 Å². The van der Waals surface area contributed by atoms with Gasteiger partial charge in [-0.25, -0.2) is 4.98 Å². The monoisotopic (exact) mass is 444 g/mol. The van der Waals surface area contributed by atoms with E-state index in [2.05, 4.69) is 24.1 Å². The van der Waals surface area contributed by atoms with E-state index in [0.29, 0.717) is 41.0 Å². The van der Waals surface area contributed by atoms with Gasteiger partial charge < -0.3 is 19.2 Å². The zero-order valence-electron chi connectivity index (χ0n) is 19.1. The molecule has 0 saturated heterocycles. The van der Waals surface area contributed by atoms with Gasteiger partial charge in [0.2, 0.25) is 5.89 Å². The smallest absolute Gasteiger partial charge is 0.262 e. The van der Waals surface area contributed by atoms with E-state index in [1.807, 2.05) is 55.5 Å². The Morgan fingerprint density at radius 2 is 1.67 bits per heavy atom. The van der Waals surface area contributed by atoms with Gasteiger partial charge in [-0.3, -0.25) is 4.79 Å². The predicted octanol–water partition coefficient (Wildman–Crippen LogP) is 6.42. The Morgan fingerprint density at radius 1 is 0.970 bits per heavy atom. The molecule has 0 saturated carbocycles. The van der Waals surface area contributed by atoms with Crippen molar-refractivity contribution in [1.82, 2.24) is 4.98 Å². The van der Waals surface area contributed by atoms with Crippen molar-refractivity contribution in [3.05, 3.63) is 72.3 Å². The maximum atomic E-state index is 12.4. The SMILES string of the molecule is CCOc1ccc(-c2nc3cc(NC(=O)COc4ccc(C(C)CC)cc4)ccc3o2)cc1. The van der Waals surface area contributed by atoms with Crippen LogP contribution in [0.5, 0.6) is 11.5 Å². The lowest BCUT2D eigenvalue weighted by Gasteiger charge is -2.11. The van der Waals surface area contributed by atoms with Crippen molar-refractivity contribution in [2.45, 2.75) is 33.1 Å². The molecule has 6 heteroatoms. The van der Waals surface area contributed by atoms with Crippen molar-refractivity contribution in [2.24, 2.45) is 0 Å². The van der Waals surface area contributed by atoms with Gasteiger partial charge in [0.1, 0.15) is 17.0 Å². The van der Waals surface area contributed by atoms with Crippen LogP contribution in [0, 0.1) is 0 Å². The number of anilines is 1. The summed E-state index contributed by atoms with van der Waals surface area (Å²) >= 11 is 0. The van der Waals surface area contributed by atoms with Crippen LogP contribution in [-0.2, 0) is 4.79 Å². The number of fused-ring (bicyclic) bond motifs is 1. The number of nitrogens with one attached hydrogen (secondary N) is 1. The van der Waals surface area contributed by atoms with Crippen LogP contribution in [0.15, 0.2) is 71.1 Å². The van der Waals surface area contributed by atoms with Gasteiger partial charge in [0.05, 0.1) is 6.61 Å². The number of hydrogen-bond acceptors (Lipinski definition) is 5. The largest absolute Gasteiger partial charge is 0.494 e. The summed E-state index contributed by atoms with van der Waals surface area (Å²) in [6.45, 7) is 6.85. The molecule has 0 aliphatic carbocycles. The van der Waals surface area contributed by atoms with E-state index in [-0.39, 0.29) is 12.5 Å². The van der Waals surface area contributed by atoms with E-state index in [0.717, 1.165) is 17.7 Å². The minimum absolute atomic E-state index is 0.0725. The number of nitrogens with zero attached hydrogens (tertiary/aromatic N) is 1. The summed E-state index contributed by atoms with van der Waals surface area (Å²) in [7, 11) is 0. The summed E-state index contributed by atoms with van der Waals surface area (Å²) < 4.78 is 17.0. The topological polar surface area (TPSA) is 73.6 Å². The summed E-state index contributed by atoms with van der Waals surface area (Å²) in [6.07, 6.45) is 1.08. The molecule has 0 spiro atoms. The summed E-state index contributed by atoms with van der Waals surface area (Å²) in [6, 6.07) is 20.8. The predicted molar refractivity (Wildman–Crippen MR) is 130 cm³/mol. The molecule has 0 fully saturated rings. The van der Waals surface area contributed by atoms with Gasteiger partial charge in [0.25, 0.3) is 5.91 Å². The van der Waals surface area contributed by atoms with Crippen molar-refractivity contribution in [1.29, 1.82) is 0 Å². The highest BCUT2D eigenvalue weighted by atomic mass is 16.5. The average Bonchev–Trinajstić information content (AvgIpc) is 3.27. The second kappa shape index (κ2) is 10.2. The summed E-state index contributed by atoms with van der Waals surface area (Å²) in [5.74, 6) is 2.25. The number of benzene rings is 3. The fourth-order valence-corrected chi connectivity index (χ4v) is 3.46. The first kappa shape index (κ1) is 22.4. The molecule has 0 aliphatic rings. The highest BCUT2D eigenvalue weighted by molar-refractivity contribution is 5.94. The summed E-state index contributed by atoms with van der Waals surface area (Å²) in [5, 5.41) is 2.85. The number of rotatable bonds is 9. The lowest BCUT2D eigenvalue weighted by Crippen LogP contribution is -2.20. The standard InChI is InChI=1S/C27H28N2O4/c1-4-18(3)19-6-11-23(12-7-19)32-17-26(30)28-21-10-15-25-24(16-21)29-27(33-25)20-8-13-22(14-9-20)31-5-2/h6-16,18H,4-5,17H2,1-3H3,(H,28,30). The number of oxazole rings is 1. The Morgan fingerprint density at radius 3 is 2.36 bits per heavy atom. The number of hydrogen-bond donors (Lipinski definition) is 1. The molecule has 1 amide bonds. The molecule has 0 radical (unpaired) electrons. The van der Waals surface area contributed by atoms with Gasteiger partial charge in [-0.1, -0.05) is 26.0 Å². The first-order valence-corrected chi connectivity index (χ1v) is 11.2. The molecule has 1 unspecified atom stereocenters. The molecule has 33 heavy (non-hydrogen) atoms. The Balaban J connectivity index is 1.37. The molecule has 4 aromatic rings. The van der Waals surface area contributed by atoms with Gasteiger partial charge >= 0.3 is 0 Å². The maximum Gasteiger partial charge on any atom is 0.262 e. The molecule has 6 nitrogen and oxygen atoms in total. The highest BCUT2D eigenvalue weighted by Crippen LogP contribution is 2.27. The van der Waals surface area contributed by atoms with Gasteiger partial charge in [-0.2, -0.15) is 0 Å². The van der Waals surface area contributed by atoms with E-state index in [9.17, 15) is 4.79 Å². The van der Waals surface area contributed by atoms with E-state index < -0.39 is 0 Å². The third-order valence-electron chi connectivity index (χ3n) is 5.52. The van der Waals surface area contributed by atoms with E-state index >= 15 is 0 Å². The minimum Gasteiger partial charge on any atom is -0.494 e. The van der Waals surface area contributed by atoms with Crippen molar-refractivity contribution in [2.75, 3.05) is 18.5 Å². The molecule has 1 N–H and O–H groups in total. The van der Waals surface area contributed by atoms with Crippen LogP contribution in [-0.4, -0.2) is 24.1 Å². The second-order valence-corrected chi connectivity index (χ2v) is 7.87. The first-order valence-electron chi connectivity index (χ1n) is 11.2. The Hall–Kier alpha value is -3.80. The zero-order valence-corrected chi connectivity index (χ0v) is 19.1. The number of amides is 1. The number of carbonyl (C=O) groups is 1. The highest BCUT2D eigenvalue weighted by Gasteiger charge is 2.11. The molecule has 170 valence electrons. The Kier molecular flexibility index (Phi) is 6.93. The number of aromatic nitrogens is 1. The summed E-state index contributed by atoms with van der Waals surface area (Å²) in [5.41, 5.74) is 4.07. The van der Waals surface area contributed by atoms with Crippen LogP contribution in [0.4, 0.5) is 5.69 Å². The van der Waals surface area contributed by atoms with Gasteiger partial charge in [-0.15, -0.1) is 0 Å². The average molecular weight is 445 g/mol. The summed E-state index contributed by atoms with van der Waals surface area (Å²) in [4.78, 5) is 16.9. The second-order valence-electron chi connectivity index (χ2n) is 7.87. The van der Waals surface area contributed by atoms with Gasteiger partial charge in [0.15, 0.2) is 12.2 Å². The fraction of sp³-hybridized carbons (Fsp3) is 0.259. The third-order valence-corrected chi connectivity index (χ3v) is 5.52. The molecule has 1 aromatic heterocycles. The van der Waals surface area contributed by atoms with E-state index in [4.69, 9.17) is 13.9 Å². The maximum absolute atomic E-state index is 12.4. The fourth-order valence-electron chi connectivity index (χ4n) is 3.46.